The molecule has 2 aromatic rings. The van der Waals surface area contributed by atoms with Crippen molar-refractivity contribution in [2.24, 2.45) is 5.92 Å². The van der Waals surface area contributed by atoms with E-state index in [-0.39, 0.29) is 11.8 Å². The molecule has 3 N–H and O–H groups in total. The molecule has 1 amide bonds. The Morgan fingerprint density at radius 3 is 2.83 bits per heavy atom. The minimum atomic E-state index is 0.242. The van der Waals surface area contributed by atoms with Gasteiger partial charge in [-0.3, -0.25) is 4.79 Å². The summed E-state index contributed by atoms with van der Waals surface area (Å²) in [5.74, 6) is 0.991. The number of hydrogen-bond donors (Lipinski definition) is 2. The quantitative estimate of drug-likeness (QED) is 0.798. The van der Waals surface area contributed by atoms with Crippen LogP contribution in [0.4, 0.5) is 5.82 Å². The number of nitrogens with zero attached hydrogens (tertiary/aromatic N) is 3. The van der Waals surface area contributed by atoms with Crippen molar-refractivity contribution in [1.29, 1.82) is 0 Å². The molecular weight excluding hydrogens is 302 g/mol. The van der Waals surface area contributed by atoms with Crippen LogP contribution in [-0.2, 0) is 11.3 Å². The second-order valence-electron chi connectivity index (χ2n) is 6.82. The van der Waals surface area contributed by atoms with Crippen molar-refractivity contribution in [3.63, 3.8) is 0 Å². The summed E-state index contributed by atoms with van der Waals surface area (Å²) in [5, 5.41) is 3.08. The molecule has 1 saturated carbocycles. The van der Waals surface area contributed by atoms with Crippen LogP contribution in [0.25, 0.3) is 11.0 Å². The molecule has 0 aromatic carbocycles. The zero-order chi connectivity index (χ0) is 17.1. The molecule has 2 heterocycles. The predicted molar refractivity (Wildman–Crippen MR) is 95.6 cm³/mol. The number of imidazole rings is 1. The van der Waals surface area contributed by atoms with Gasteiger partial charge in [0, 0.05) is 24.7 Å². The Balaban J connectivity index is 1.52. The Morgan fingerprint density at radius 1 is 1.33 bits per heavy atom. The number of carbonyl (C=O) groups is 1. The van der Waals surface area contributed by atoms with Gasteiger partial charge in [0.1, 0.15) is 5.52 Å². The molecule has 0 unspecified atom stereocenters. The van der Waals surface area contributed by atoms with Crippen LogP contribution in [0, 0.1) is 19.8 Å². The van der Waals surface area contributed by atoms with E-state index in [0.717, 1.165) is 61.1 Å². The first-order valence-corrected chi connectivity index (χ1v) is 8.93. The smallest absolute Gasteiger partial charge is 0.223 e. The summed E-state index contributed by atoms with van der Waals surface area (Å²) in [4.78, 5) is 20.7. The molecule has 1 fully saturated rings. The number of aromatic nitrogens is 3. The van der Waals surface area contributed by atoms with Crippen LogP contribution in [0.1, 0.15) is 49.8 Å². The van der Waals surface area contributed by atoms with Crippen LogP contribution in [0.5, 0.6) is 0 Å². The van der Waals surface area contributed by atoms with Gasteiger partial charge in [-0.2, -0.15) is 0 Å². The first-order chi connectivity index (χ1) is 11.6. The van der Waals surface area contributed by atoms with E-state index in [1.54, 1.807) is 0 Å². The van der Waals surface area contributed by atoms with Crippen LogP contribution in [-0.4, -0.2) is 27.0 Å². The highest BCUT2D eigenvalue weighted by Gasteiger charge is 2.21. The molecule has 0 spiro atoms. The lowest BCUT2D eigenvalue weighted by molar-refractivity contribution is -0.124. The second kappa shape index (κ2) is 7.20. The topological polar surface area (TPSA) is 85.8 Å². The molecule has 24 heavy (non-hydrogen) atoms. The molecule has 0 saturated heterocycles. The number of unbranched alkanes of at least 4 members (excludes halogenated alkanes) is 1. The van der Waals surface area contributed by atoms with E-state index in [0.29, 0.717) is 5.82 Å². The number of nitrogens with one attached hydrogen (secondary N) is 1. The van der Waals surface area contributed by atoms with Crippen LogP contribution in [0.2, 0.25) is 0 Å². The summed E-state index contributed by atoms with van der Waals surface area (Å²) < 4.78 is 2.15. The molecule has 130 valence electrons. The van der Waals surface area contributed by atoms with Crippen molar-refractivity contribution in [1.82, 2.24) is 19.9 Å². The van der Waals surface area contributed by atoms with Crippen LogP contribution in [0.3, 0.4) is 0 Å². The van der Waals surface area contributed by atoms with Crippen molar-refractivity contribution in [2.45, 2.75) is 58.9 Å². The first kappa shape index (κ1) is 16.7. The number of rotatable bonds is 6. The molecule has 1 aliphatic rings. The lowest BCUT2D eigenvalue weighted by Crippen LogP contribution is -2.30. The Kier molecular flexibility index (Phi) is 5.02. The average Bonchev–Trinajstić information content (AvgIpc) is 3.22. The first-order valence-electron chi connectivity index (χ1n) is 8.93. The van der Waals surface area contributed by atoms with Crippen molar-refractivity contribution in [2.75, 3.05) is 12.3 Å². The van der Waals surface area contributed by atoms with Gasteiger partial charge < -0.3 is 15.6 Å². The van der Waals surface area contributed by atoms with Crippen molar-refractivity contribution < 1.29 is 4.79 Å². The number of nitrogens with two attached hydrogens (primary N) is 1. The summed E-state index contributed by atoms with van der Waals surface area (Å²) in [6, 6.07) is 0. The van der Waals surface area contributed by atoms with Crippen LogP contribution >= 0.6 is 0 Å². The van der Waals surface area contributed by atoms with Gasteiger partial charge in [-0.05, 0) is 45.1 Å². The second-order valence-corrected chi connectivity index (χ2v) is 6.82. The minimum Gasteiger partial charge on any atom is -0.382 e. The third kappa shape index (κ3) is 3.37. The third-order valence-corrected chi connectivity index (χ3v) is 5.12. The molecule has 0 radical (unpaired) electrons. The van der Waals surface area contributed by atoms with E-state index >= 15 is 0 Å². The number of hydrogen-bond acceptors (Lipinski definition) is 4. The lowest BCUT2D eigenvalue weighted by Gasteiger charge is -2.11. The van der Waals surface area contributed by atoms with Crippen LogP contribution in [0.15, 0.2) is 6.33 Å². The Hall–Kier alpha value is -2.11. The van der Waals surface area contributed by atoms with Gasteiger partial charge >= 0.3 is 0 Å². The van der Waals surface area contributed by atoms with E-state index in [2.05, 4.69) is 26.8 Å². The highest BCUT2D eigenvalue weighted by atomic mass is 16.1. The van der Waals surface area contributed by atoms with Gasteiger partial charge in [0.05, 0.1) is 11.8 Å². The molecule has 2 aromatic heterocycles. The molecule has 0 atom stereocenters. The normalized spacial score (nSPS) is 15.2. The molecule has 0 bridgehead atoms. The van der Waals surface area contributed by atoms with Gasteiger partial charge in [-0.15, -0.1) is 0 Å². The minimum absolute atomic E-state index is 0.242. The van der Waals surface area contributed by atoms with Gasteiger partial charge in [0.25, 0.3) is 0 Å². The zero-order valence-electron chi connectivity index (χ0n) is 14.6. The summed E-state index contributed by atoms with van der Waals surface area (Å²) >= 11 is 0. The SMILES string of the molecule is Cc1nc(N)c2ncn(CCCCNC(=O)C3CCCC3)c2c1C. The number of anilines is 1. The maximum Gasteiger partial charge on any atom is 0.223 e. The Bertz CT molecular complexity index is 731. The largest absolute Gasteiger partial charge is 0.382 e. The fraction of sp³-hybridized carbons (Fsp3) is 0.611. The summed E-state index contributed by atoms with van der Waals surface area (Å²) in [6.45, 7) is 5.66. The van der Waals surface area contributed by atoms with E-state index in [9.17, 15) is 4.79 Å². The number of carbonyl (C=O) groups excluding carboxylic acids is 1. The molecule has 6 heteroatoms. The van der Waals surface area contributed by atoms with E-state index in [1.165, 1.54) is 12.8 Å². The number of nitrogen functional groups attached to an aromatic ring is 1. The van der Waals surface area contributed by atoms with Crippen molar-refractivity contribution in [3.8, 4) is 0 Å². The number of aryl methyl sites for hydroxylation is 3. The van der Waals surface area contributed by atoms with Gasteiger partial charge in [-0.25, -0.2) is 9.97 Å². The number of fused-ring (bicyclic) bond motifs is 1. The fourth-order valence-corrected chi connectivity index (χ4v) is 3.57. The number of pyridine rings is 1. The maximum atomic E-state index is 12.0. The highest BCUT2D eigenvalue weighted by molar-refractivity contribution is 5.88. The van der Waals surface area contributed by atoms with Crippen molar-refractivity contribution >= 4 is 22.8 Å². The molecule has 0 aliphatic heterocycles. The predicted octanol–water partition coefficient (Wildman–Crippen LogP) is 2.72. The lowest BCUT2D eigenvalue weighted by atomic mass is 10.1. The molecule has 1 aliphatic carbocycles. The molecular formula is C18H27N5O. The van der Waals surface area contributed by atoms with Crippen LogP contribution < -0.4 is 11.1 Å². The van der Waals surface area contributed by atoms with Crippen molar-refractivity contribution in [3.05, 3.63) is 17.6 Å². The fourth-order valence-electron chi connectivity index (χ4n) is 3.57. The highest BCUT2D eigenvalue weighted by Crippen LogP contribution is 2.25. The Morgan fingerprint density at radius 2 is 2.08 bits per heavy atom. The average molecular weight is 329 g/mol. The molecule has 3 rings (SSSR count). The van der Waals surface area contributed by atoms with Gasteiger partial charge in [0.15, 0.2) is 5.82 Å². The molecule has 6 nitrogen and oxygen atoms in total. The van der Waals surface area contributed by atoms with E-state index in [1.807, 2.05) is 13.3 Å². The van der Waals surface area contributed by atoms with E-state index in [4.69, 9.17) is 5.73 Å². The number of amides is 1. The summed E-state index contributed by atoms with van der Waals surface area (Å²) in [5.41, 5.74) is 9.92. The standard InChI is InChI=1S/C18H27N5O/c1-12-13(2)22-17(19)15-16(12)23(11-21-15)10-6-5-9-20-18(24)14-7-3-4-8-14/h11,14H,3-10H2,1-2H3,(H2,19,22)(H,20,24). The monoisotopic (exact) mass is 329 g/mol. The maximum absolute atomic E-state index is 12.0. The van der Waals surface area contributed by atoms with E-state index < -0.39 is 0 Å². The third-order valence-electron chi connectivity index (χ3n) is 5.12. The zero-order valence-corrected chi connectivity index (χ0v) is 14.6. The summed E-state index contributed by atoms with van der Waals surface area (Å²) in [7, 11) is 0. The Labute approximate surface area is 142 Å². The van der Waals surface area contributed by atoms with Gasteiger partial charge in [0.2, 0.25) is 5.91 Å². The van der Waals surface area contributed by atoms with Gasteiger partial charge in [-0.1, -0.05) is 12.8 Å². The summed E-state index contributed by atoms with van der Waals surface area (Å²) in [6.07, 6.45) is 8.31.